The van der Waals surface area contributed by atoms with Crippen LogP contribution in [0.15, 0.2) is 52.9 Å². The molecule has 1 aromatic carbocycles. The molecule has 1 aliphatic heterocycles. The van der Waals surface area contributed by atoms with Crippen LogP contribution in [-0.2, 0) is 0 Å². The first-order valence-corrected chi connectivity index (χ1v) is 9.69. The molecule has 2 N–H and O–H groups in total. The van der Waals surface area contributed by atoms with Gasteiger partial charge in [-0.2, -0.15) is 5.10 Å². The Morgan fingerprint density at radius 1 is 1.19 bits per heavy atom. The van der Waals surface area contributed by atoms with Crippen LogP contribution in [0, 0.1) is 0 Å². The largest absolute Gasteiger partial charge is 0.337 e. The molecule has 3 aromatic rings. The number of hydrazone groups is 1. The Morgan fingerprint density at radius 2 is 2.00 bits per heavy atom. The molecule has 0 atom stereocenters. The molecule has 4 rings (SSSR count). The molecule has 1 amide bonds. The van der Waals surface area contributed by atoms with E-state index in [0.29, 0.717) is 5.56 Å². The number of likely N-dealkylation sites (tertiary alicyclic amines) is 1. The number of benzene rings is 1. The highest BCUT2D eigenvalue weighted by Crippen LogP contribution is 2.27. The van der Waals surface area contributed by atoms with Crippen LogP contribution in [0.1, 0.15) is 23.2 Å². The van der Waals surface area contributed by atoms with Crippen LogP contribution < -0.4 is 10.3 Å². The zero-order valence-electron chi connectivity index (χ0n) is 14.7. The summed E-state index contributed by atoms with van der Waals surface area (Å²) in [5.74, 6) is -0.180. The fraction of sp³-hybridized carbons (Fsp3) is 0.250. The summed E-state index contributed by atoms with van der Waals surface area (Å²) in [7, 11) is 2.19. The first kappa shape index (κ1) is 16.9. The molecule has 26 heavy (non-hydrogen) atoms. The summed E-state index contributed by atoms with van der Waals surface area (Å²) in [6.45, 7) is 2.13. The Morgan fingerprint density at radius 3 is 2.77 bits per heavy atom. The molecule has 5 nitrogen and oxygen atoms in total. The van der Waals surface area contributed by atoms with E-state index in [9.17, 15) is 4.79 Å². The third-order valence-electron chi connectivity index (χ3n) is 4.73. The summed E-state index contributed by atoms with van der Waals surface area (Å²) in [6, 6.07) is 13.6. The first-order chi connectivity index (χ1) is 12.7. The van der Waals surface area contributed by atoms with Crippen molar-refractivity contribution in [3.8, 4) is 10.6 Å². The van der Waals surface area contributed by atoms with Crippen molar-refractivity contribution in [3.05, 3.63) is 53.4 Å². The van der Waals surface area contributed by atoms with E-state index in [2.05, 4.69) is 17.6 Å². The lowest BCUT2D eigenvalue weighted by Crippen LogP contribution is -3.10. The summed E-state index contributed by atoms with van der Waals surface area (Å²) >= 11 is 1.62. The minimum absolute atomic E-state index is 0.180. The monoisotopic (exact) mass is 365 g/mol. The van der Waals surface area contributed by atoms with Crippen LogP contribution in [-0.4, -0.2) is 36.7 Å². The van der Waals surface area contributed by atoms with Crippen LogP contribution >= 0.6 is 11.3 Å². The number of piperidine rings is 1. The average Bonchev–Trinajstić information content (AvgIpc) is 3.21. The number of quaternary nitrogens is 1. The maximum Gasteiger partial charge on any atom is 0.272 e. The summed E-state index contributed by atoms with van der Waals surface area (Å²) in [4.78, 5) is 20.1. The SMILES string of the molecule is C[NH+]1CCC(=NNC(=O)c2cc(-c3cccs3)nc3ccccc23)CC1. The standard InChI is InChI=1S/C20H20N4OS/c1-24-10-8-14(9-11-24)22-23-20(25)16-13-18(19-7-4-12-26-19)21-17-6-3-2-5-15(16)17/h2-7,12-13H,8-11H2,1H3,(H,23,25)/p+1. The zero-order valence-corrected chi connectivity index (χ0v) is 15.5. The molecule has 3 heterocycles. The van der Waals surface area contributed by atoms with Gasteiger partial charge in [-0.25, -0.2) is 10.4 Å². The van der Waals surface area contributed by atoms with Crippen LogP contribution in [0.2, 0.25) is 0 Å². The first-order valence-electron chi connectivity index (χ1n) is 8.81. The summed E-state index contributed by atoms with van der Waals surface area (Å²) < 4.78 is 0. The number of fused-ring (bicyclic) bond motifs is 1. The smallest absolute Gasteiger partial charge is 0.272 e. The molecule has 2 aromatic heterocycles. The van der Waals surface area contributed by atoms with Crippen molar-refractivity contribution in [2.24, 2.45) is 5.10 Å². The van der Waals surface area contributed by atoms with E-state index in [0.717, 1.165) is 53.1 Å². The van der Waals surface area contributed by atoms with Gasteiger partial charge in [0, 0.05) is 23.9 Å². The molecule has 0 bridgehead atoms. The predicted octanol–water partition coefficient (Wildman–Crippen LogP) is 2.36. The fourth-order valence-corrected chi connectivity index (χ4v) is 3.87. The van der Waals surface area contributed by atoms with Gasteiger partial charge in [0.15, 0.2) is 0 Å². The van der Waals surface area contributed by atoms with Gasteiger partial charge in [0.1, 0.15) is 0 Å². The summed E-state index contributed by atoms with van der Waals surface area (Å²) in [5, 5.41) is 7.24. The molecule has 1 aliphatic rings. The molecule has 0 unspecified atom stereocenters. The molecular formula is C20H21N4OS+. The van der Waals surface area contributed by atoms with E-state index in [1.807, 2.05) is 47.8 Å². The predicted molar refractivity (Wildman–Crippen MR) is 106 cm³/mol. The van der Waals surface area contributed by atoms with Crippen molar-refractivity contribution in [1.82, 2.24) is 10.4 Å². The van der Waals surface area contributed by atoms with Crippen LogP contribution in [0.4, 0.5) is 0 Å². The van der Waals surface area contributed by atoms with Gasteiger partial charge in [-0.3, -0.25) is 4.79 Å². The van der Waals surface area contributed by atoms with Crippen molar-refractivity contribution in [1.29, 1.82) is 0 Å². The molecule has 132 valence electrons. The minimum Gasteiger partial charge on any atom is -0.337 e. The normalized spacial score (nSPS) is 17.3. The number of pyridine rings is 1. The number of amides is 1. The number of para-hydroxylation sites is 1. The number of aromatic nitrogens is 1. The van der Waals surface area contributed by atoms with Gasteiger partial charge < -0.3 is 4.90 Å². The lowest BCUT2D eigenvalue weighted by Gasteiger charge is -2.20. The van der Waals surface area contributed by atoms with Gasteiger partial charge in [0.2, 0.25) is 0 Å². The minimum atomic E-state index is -0.180. The number of hydrogen-bond donors (Lipinski definition) is 2. The lowest BCUT2D eigenvalue weighted by molar-refractivity contribution is -0.880. The number of nitrogens with zero attached hydrogens (tertiary/aromatic N) is 2. The van der Waals surface area contributed by atoms with Crippen LogP contribution in [0.25, 0.3) is 21.5 Å². The molecule has 0 saturated carbocycles. The Kier molecular flexibility index (Phi) is 4.77. The van der Waals surface area contributed by atoms with Gasteiger partial charge >= 0.3 is 0 Å². The highest BCUT2D eigenvalue weighted by Gasteiger charge is 2.17. The summed E-state index contributed by atoms with van der Waals surface area (Å²) in [5.41, 5.74) is 6.08. The van der Waals surface area contributed by atoms with E-state index in [1.54, 1.807) is 11.3 Å². The van der Waals surface area contributed by atoms with E-state index >= 15 is 0 Å². The van der Waals surface area contributed by atoms with Gasteiger partial charge in [0.25, 0.3) is 5.91 Å². The van der Waals surface area contributed by atoms with Crippen molar-refractivity contribution < 1.29 is 9.69 Å². The second-order valence-corrected chi connectivity index (χ2v) is 7.57. The number of carbonyl (C=O) groups excluding carboxylic acids is 1. The molecule has 0 radical (unpaired) electrons. The van der Waals surface area contributed by atoms with Gasteiger partial charge in [-0.15, -0.1) is 11.3 Å². The van der Waals surface area contributed by atoms with Gasteiger partial charge in [0.05, 0.1) is 41.8 Å². The number of nitrogens with one attached hydrogen (secondary N) is 2. The number of rotatable bonds is 3. The second-order valence-electron chi connectivity index (χ2n) is 6.63. The molecule has 6 heteroatoms. The maximum absolute atomic E-state index is 12.8. The van der Waals surface area contributed by atoms with Gasteiger partial charge in [-0.1, -0.05) is 24.3 Å². The number of thiophene rings is 1. The quantitative estimate of drug-likeness (QED) is 0.700. The molecule has 0 aliphatic carbocycles. The highest BCUT2D eigenvalue weighted by atomic mass is 32.1. The van der Waals surface area contributed by atoms with Gasteiger partial charge in [-0.05, 0) is 23.6 Å². The van der Waals surface area contributed by atoms with Crippen LogP contribution in [0.5, 0.6) is 0 Å². The van der Waals surface area contributed by atoms with Crippen LogP contribution in [0.3, 0.4) is 0 Å². The number of carbonyl (C=O) groups is 1. The third kappa shape index (κ3) is 3.52. The zero-order chi connectivity index (χ0) is 17.9. The summed E-state index contributed by atoms with van der Waals surface area (Å²) in [6.07, 6.45) is 1.87. The molecular weight excluding hydrogens is 344 g/mol. The van der Waals surface area contributed by atoms with E-state index in [1.165, 1.54) is 4.90 Å². The highest BCUT2D eigenvalue weighted by molar-refractivity contribution is 7.13. The van der Waals surface area contributed by atoms with Crippen molar-refractivity contribution in [2.75, 3.05) is 20.1 Å². The second kappa shape index (κ2) is 7.35. The van der Waals surface area contributed by atoms with Crippen molar-refractivity contribution >= 4 is 33.9 Å². The Balaban J connectivity index is 1.66. The number of hydrogen-bond acceptors (Lipinski definition) is 4. The van der Waals surface area contributed by atoms with Crippen molar-refractivity contribution in [2.45, 2.75) is 12.8 Å². The third-order valence-corrected chi connectivity index (χ3v) is 5.62. The van der Waals surface area contributed by atoms with E-state index in [4.69, 9.17) is 4.98 Å². The Bertz CT molecular complexity index is 955. The molecule has 0 spiro atoms. The van der Waals surface area contributed by atoms with E-state index in [-0.39, 0.29) is 5.91 Å². The van der Waals surface area contributed by atoms with E-state index < -0.39 is 0 Å². The maximum atomic E-state index is 12.8. The molecule has 1 fully saturated rings. The lowest BCUT2D eigenvalue weighted by atomic mass is 10.1. The Hall–Kier alpha value is -2.57. The topological polar surface area (TPSA) is 58.8 Å². The average molecular weight is 365 g/mol. The fourth-order valence-electron chi connectivity index (χ4n) is 3.18. The van der Waals surface area contributed by atoms with Crippen molar-refractivity contribution in [3.63, 3.8) is 0 Å². The molecule has 1 saturated heterocycles. The Labute approximate surface area is 156 Å².